The fourth-order valence-corrected chi connectivity index (χ4v) is 4.19. The Labute approximate surface area is 158 Å². The number of para-hydroxylation sites is 1. The molecule has 0 radical (unpaired) electrons. The van der Waals surface area contributed by atoms with E-state index >= 15 is 0 Å². The number of aromatic nitrogens is 1. The highest BCUT2D eigenvalue weighted by molar-refractivity contribution is 6.07. The van der Waals surface area contributed by atoms with Crippen molar-refractivity contribution in [1.29, 1.82) is 0 Å². The highest BCUT2D eigenvalue weighted by Gasteiger charge is 2.34. The molecule has 2 N–H and O–H groups in total. The minimum atomic E-state index is -0.811. The van der Waals surface area contributed by atoms with Gasteiger partial charge in [-0.3, -0.25) is 14.4 Å². The lowest BCUT2D eigenvalue weighted by Gasteiger charge is -2.36. The normalized spacial score (nSPS) is 16.2. The predicted octanol–water partition coefficient (Wildman–Crippen LogP) is 3.39. The van der Waals surface area contributed by atoms with Gasteiger partial charge in [0.05, 0.1) is 6.42 Å². The van der Waals surface area contributed by atoms with Gasteiger partial charge in [-0.25, -0.2) is 0 Å². The molecule has 0 aliphatic heterocycles. The number of carboxylic acids is 1. The van der Waals surface area contributed by atoms with Crippen LogP contribution < -0.4 is 5.32 Å². The van der Waals surface area contributed by atoms with E-state index in [-0.39, 0.29) is 30.1 Å². The molecular formula is C21H26N2O4. The quantitative estimate of drug-likeness (QED) is 0.731. The van der Waals surface area contributed by atoms with E-state index in [1.54, 1.807) is 10.8 Å². The summed E-state index contributed by atoms with van der Waals surface area (Å²) >= 11 is 0. The Morgan fingerprint density at radius 2 is 1.85 bits per heavy atom. The van der Waals surface area contributed by atoms with Crippen LogP contribution in [0.2, 0.25) is 0 Å². The van der Waals surface area contributed by atoms with Crippen molar-refractivity contribution in [3.05, 3.63) is 36.0 Å². The Morgan fingerprint density at radius 1 is 1.15 bits per heavy atom. The number of Topliss-reactive ketones (excluding diaryl/α,β-unsaturated/α-hetero) is 1. The molecule has 2 aromatic rings. The number of benzene rings is 1. The summed E-state index contributed by atoms with van der Waals surface area (Å²) < 4.78 is 1.78. The van der Waals surface area contributed by atoms with Crippen LogP contribution in [0.4, 0.5) is 0 Å². The molecule has 1 fully saturated rings. The summed E-state index contributed by atoms with van der Waals surface area (Å²) in [6.07, 6.45) is 6.62. The van der Waals surface area contributed by atoms with Gasteiger partial charge in [-0.2, -0.15) is 0 Å². The summed E-state index contributed by atoms with van der Waals surface area (Å²) in [5.74, 6) is -1.01. The summed E-state index contributed by atoms with van der Waals surface area (Å²) in [5, 5.41) is 13.0. The van der Waals surface area contributed by atoms with Crippen LogP contribution in [0.25, 0.3) is 10.9 Å². The van der Waals surface area contributed by atoms with E-state index in [0.29, 0.717) is 12.1 Å². The second-order valence-electron chi connectivity index (χ2n) is 7.65. The highest BCUT2D eigenvalue weighted by Crippen LogP contribution is 2.38. The van der Waals surface area contributed by atoms with Gasteiger partial charge >= 0.3 is 5.97 Å². The third kappa shape index (κ3) is 4.38. The van der Waals surface area contributed by atoms with Crippen LogP contribution in [-0.4, -0.2) is 33.9 Å². The van der Waals surface area contributed by atoms with Crippen LogP contribution in [0.3, 0.4) is 0 Å². The van der Waals surface area contributed by atoms with E-state index in [4.69, 9.17) is 0 Å². The fraction of sp³-hybridized carbons (Fsp3) is 0.476. The molecule has 1 amide bonds. The zero-order valence-corrected chi connectivity index (χ0v) is 15.7. The number of carbonyl (C=O) groups is 3. The predicted molar refractivity (Wildman–Crippen MR) is 103 cm³/mol. The third-order valence-corrected chi connectivity index (χ3v) is 5.58. The van der Waals surface area contributed by atoms with Gasteiger partial charge in [-0.15, -0.1) is 0 Å². The standard InChI is InChI=1S/C21H26N2O4/c1-15(24)17-12-23(18-8-4-3-7-16(17)18)13-19(25)22-14-21(11-20(26)27)9-5-2-6-10-21/h3-4,7-8,12H,2,5-6,9-11,13-14H2,1H3,(H,22,25)(H,26,27). The third-order valence-electron chi connectivity index (χ3n) is 5.58. The van der Waals surface area contributed by atoms with Gasteiger partial charge in [-0.1, -0.05) is 37.5 Å². The average molecular weight is 370 g/mol. The van der Waals surface area contributed by atoms with E-state index in [2.05, 4.69) is 5.32 Å². The summed E-state index contributed by atoms with van der Waals surface area (Å²) in [6, 6.07) is 7.52. The van der Waals surface area contributed by atoms with Gasteiger partial charge in [0.15, 0.2) is 5.78 Å². The number of nitrogens with one attached hydrogen (secondary N) is 1. The van der Waals surface area contributed by atoms with Crippen molar-refractivity contribution < 1.29 is 19.5 Å². The molecule has 1 aromatic heterocycles. The molecule has 0 bridgehead atoms. The number of nitrogens with zero attached hydrogens (tertiary/aromatic N) is 1. The molecular weight excluding hydrogens is 344 g/mol. The Balaban J connectivity index is 1.71. The fourth-order valence-electron chi connectivity index (χ4n) is 4.19. The number of ketones is 1. The number of carboxylic acid groups (broad SMARTS) is 1. The maximum Gasteiger partial charge on any atom is 0.303 e. The van der Waals surface area contributed by atoms with Crippen LogP contribution in [0.5, 0.6) is 0 Å². The molecule has 0 saturated heterocycles. The maximum atomic E-state index is 12.5. The van der Waals surface area contributed by atoms with Crippen LogP contribution in [0, 0.1) is 5.41 Å². The molecule has 1 aliphatic rings. The monoisotopic (exact) mass is 370 g/mol. The minimum absolute atomic E-state index is 0.0343. The molecule has 6 nitrogen and oxygen atoms in total. The van der Waals surface area contributed by atoms with Crippen LogP contribution in [0.15, 0.2) is 30.5 Å². The Hall–Kier alpha value is -2.63. The summed E-state index contributed by atoms with van der Waals surface area (Å²) in [6.45, 7) is 2.01. The summed E-state index contributed by atoms with van der Waals surface area (Å²) in [4.78, 5) is 35.7. The zero-order valence-electron chi connectivity index (χ0n) is 15.7. The lowest BCUT2D eigenvalue weighted by molar-refractivity contribution is -0.140. The van der Waals surface area contributed by atoms with Gasteiger partial charge in [0.1, 0.15) is 6.54 Å². The van der Waals surface area contributed by atoms with Crippen molar-refractivity contribution in [2.75, 3.05) is 6.54 Å². The largest absolute Gasteiger partial charge is 0.481 e. The van der Waals surface area contributed by atoms with Crippen molar-refractivity contribution >= 4 is 28.6 Å². The maximum absolute atomic E-state index is 12.5. The average Bonchev–Trinajstić information content (AvgIpc) is 2.99. The Kier molecular flexibility index (Phi) is 5.63. The molecule has 0 atom stereocenters. The number of carbonyl (C=O) groups excluding carboxylic acids is 2. The van der Waals surface area contributed by atoms with Gasteiger partial charge in [0, 0.05) is 29.2 Å². The second kappa shape index (κ2) is 7.94. The molecule has 3 rings (SSSR count). The van der Waals surface area contributed by atoms with E-state index in [0.717, 1.165) is 43.0 Å². The van der Waals surface area contributed by atoms with Crippen molar-refractivity contribution in [3.8, 4) is 0 Å². The lowest BCUT2D eigenvalue weighted by Crippen LogP contribution is -2.41. The molecule has 1 aliphatic carbocycles. The van der Waals surface area contributed by atoms with Crippen molar-refractivity contribution in [2.24, 2.45) is 5.41 Å². The van der Waals surface area contributed by atoms with Gasteiger partial charge < -0.3 is 15.0 Å². The molecule has 27 heavy (non-hydrogen) atoms. The first-order valence-electron chi connectivity index (χ1n) is 9.47. The topological polar surface area (TPSA) is 88.4 Å². The number of amides is 1. The molecule has 0 unspecified atom stereocenters. The smallest absolute Gasteiger partial charge is 0.303 e. The van der Waals surface area contributed by atoms with Crippen molar-refractivity contribution in [3.63, 3.8) is 0 Å². The lowest BCUT2D eigenvalue weighted by atomic mass is 9.71. The SMILES string of the molecule is CC(=O)c1cn(CC(=O)NCC2(CC(=O)O)CCCCC2)c2ccccc12. The second-order valence-corrected chi connectivity index (χ2v) is 7.65. The molecule has 1 saturated carbocycles. The van der Waals surface area contributed by atoms with Crippen LogP contribution in [-0.2, 0) is 16.1 Å². The zero-order chi connectivity index (χ0) is 19.4. The van der Waals surface area contributed by atoms with E-state index in [1.165, 1.54) is 6.92 Å². The minimum Gasteiger partial charge on any atom is -0.481 e. The molecule has 1 heterocycles. The number of aliphatic carboxylic acids is 1. The van der Waals surface area contributed by atoms with E-state index in [9.17, 15) is 19.5 Å². The Bertz CT molecular complexity index is 862. The molecule has 0 spiro atoms. The first-order chi connectivity index (χ1) is 12.9. The van der Waals surface area contributed by atoms with Crippen LogP contribution in [0.1, 0.15) is 55.8 Å². The summed E-state index contributed by atoms with van der Waals surface area (Å²) in [5.41, 5.74) is 1.10. The molecule has 1 aromatic carbocycles. The number of hydrogen-bond acceptors (Lipinski definition) is 3. The van der Waals surface area contributed by atoms with Crippen molar-refractivity contribution in [2.45, 2.75) is 52.0 Å². The molecule has 144 valence electrons. The van der Waals surface area contributed by atoms with Gasteiger partial charge in [-0.05, 0) is 31.2 Å². The Morgan fingerprint density at radius 3 is 2.52 bits per heavy atom. The molecule has 6 heteroatoms. The number of rotatable bonds is 7. The first kappa shape index (κ1) is 19.1. The summed E-state index contributed by atoms with van der Waals surface area (Å²) in [7, 11) is 0. The van der Waals surface area contributed by atoms with Crippen molar-refractivity contribution in [1.82, 2.24) is 9.88 Å². The number of hydrogen-bond donors (Lipinski definition) is 2. The first-order valence-corrected chi connectivity index (χ1v) is 9.47. The highest BCUT2D eigenvalue weighted by atomic mass is 16.4. The number of fused-ring (bicyclic) bond motifs is 1. The van der Waals surface area contributed by atoms with Crippen LogP contribution >= 0.6 is 0 Å². The van der Waals surface area contributed by atoms with E-state index < -0.39 is 5.97 Å². The van der Waals surface area contributed by atoms with Gasteiger partial charge in [0.2, 0.25) is 5.91 Å². The van der Waals surface area contributed by atoms with Gasteiger partial charge in [0.25, 0.3) is 0 Å². The van der Waals surface area contributed by atoms with E-state index in [1.807, 2.05) is 24.3 Å².